The molecule has 1 aromatic heterocycles. The minimum atomic E-state index is 0.0315. The highest BCUT2D eigenvalue weighted by molar-refractivity contribution is 5.75. The average molecular weight is 292 g/mol. The van der Waals surface area contributed by atoms with Gasteiger partial charge in [-0.05, 0) is 19.1 Å². The molecular weight excluding hydrogens is 268 g/mol. The molecule has 21 heavy (non-hydrogen) atoms. The number of methoxy groups -OCH3 is 1. The number of hydrogen-bond acceptors (Lipinski definition) is 5. The van der Waals surface area contributed by atoms with Crippen LogP contribution in [0.2, 0.25) is 0 Å². The van der Waals surface area contributed by atoms with Crippen molar-refractivity contribution in [3.8, 4) is 0 Å². The third-order valence-electron chi connectivity index (χ3n) is 3.47. The first kappa shape index (κ1) is 15.9. The molecule has 0 bridgehead atoms. The number of hydrogen-bond donors (Lipinski definition) is 2. The molecule has 1 heterocycles. The fourth-order valence-electron chi connectivity index (χ4n) is 2.39. The molecule has 0 radical (unpaired) electrons. The van der Waals surface area contributed by atoms with Crippen LogP contribution in [0, 0.1) is 0 Å². The molecule has 1 aromatic carbocycles. The monoisotopic (exact) mass is 292 g/mol. The second kappa shape index (κ2) is 8.09. The van der Waals surface area contributed by atoms with Gasteiger partial charge in [-0.3, -0.25) is 11.3 Å². The molecule has 0 aliphatic carbocycles. The molecule has 6 heteroatoms. The van der Waals surface area contributed by atoms with E-state index in [-0.39, 0.29) is 6.04 Å². The third-order valence-corrected chi connectivity index (χ3v) is 3.47. The molecule has 2 rings (SSSR count). The minimum absolute atomic E-state index is 0.0315. The Labute approximate surface area is 125 Å². The fraction of sp³-hybridized carbons (Fsp3) is 0.533. The average Bonchev–Trinajstić information content (AvgIpc) is 2.87. The number of rotatable bonds is 9. The highest BCUT2D eigenvalue weighted by Gasteiger charge is 2.14. The number of para-hydroxylation sites is 2. The van der Waals surface area contributed by atoms with Gasteiger partial charge in [-0.2, -0.15) is 0 Å². The fourth-order valence-corrected chi connectivity index (χ4v) is 2.39. The number of imidazole rings is 1. The first-order chi connectivity index (χ1) is 10.3. The van der Waals surface area contributed by atoms with Crippen molar-refractivity contribution in [3.05, 3.63) is 30.1 Å². The van der Waals surface area contributed by atoms with Gasteiger partial charge < -0.3 is 14.0 Å². The number of fused-ring (bicyclic) bond motifs is 1. The summed E-state index contributed by atoms with van der Waals surface area (Å²) in [6, 6.07) is 8.20. The zero-order chi connectivity index (χ0) is 15.1. The number of ether oxygens (including phenoxy) is 2. The van der Waals surface area contributed by atoms with Crippen molar-refractivity contribution in [2.45, 2.75) is 25.9 Å². The maximum Gasteiger partial charge on any atom is 0.111 e. The van der Waals surface area contributed by atoms with Gasteiger partial charge in [0.25, 0.3) is 0 Å². The highest BCUT2D eigenvalue weighted by Crippen LogP contribution is 2.17. The lowest BCUT2D eigenvalue weighted by Gasteiger charge is -2.16. The van der Waals surface area contributed by atoms with E-state index in [4.69, 9.17) is 20.3 Å². The number of nitrogens with one attached hydrogen (secondary N) is 1. The van der Waals surface area contributed by atoms with E-state index in [1.54, 1.807) is 7.11 Å². The molecule has 0 spiro atoms. The molecule has 0 saturated heterocycles. The van der Waals surface area contributed by atoms with Crippen LogP contribution in [0.15, 0.2) is 24.3 Å². The van der Waals surface area contributed by atoms with E-state index >= 15 is 0 Å². The van der Waals surface area contributed by atoms with Crippen LogP contribution in [0.1, 0.15) is 12.7 Å². The second-order valence-corrected chi connectivity index (χ2v) is 4.90. The summed E-state index contributed by atoms with van der Waals surface area (Å²) in [7, 11) is 1.66. The van der Waals surface area contributed by atoms with Gasteiger partial charge in [0.15, 0.2) is 0 Å². The molecule has 0 aliphatic heterocycles. The number of nitrogens with zero attached hydrogens (tertiary/aromatic N) is 2. The van der Waals surface area contributed by atoms with E-state index in [1.165, 1.54) is 0 Å². The largest absolute Gasteiger partial charge is 0.382 e. The van der Waals surface area contributed by atoms with Gasteiger partial charge in [0.2, 0.25) is 0 Å². The van der Waals surface area contributed by atoms with Crippen molar-refractivity contribution >= 4 is 11.0 Å². The normalized spacial score (nSPS) is 12.9. The van der Waals surface area contributed by atoms with Crippen LogP contribution in [-0.4, -0.2) is 42.5 Å². The zero-order valence-electron chi connectivity index (χ0n) is 12.7. The quantitative estimate of drug-likeness (QED) is 0.411. The molecule has 2 aromatic rings. The van der Waals surface area contributed by atoms with Crippen LogP contribution < -0.4 is 11.3 Å². The van der Waals surface area contributed by atoms with Crippen LogP contribution in [0.4, 0.5) is 0 Å². The van der Waals surface area contributed by atoms with E-state index in [9.17, 15) is 0 Å². The van der Waals surface area contributed by atoms with Gasteiger partial charge in [0.1, 0.15) is 5.82 Å². The lowest BCUT2D eigenvalue weighted by molar-refractivity contribution is 0.0584. The smallest absolute Gasteiger partial charge is 0.111 e. The van der Waals surface area contributed by atoms with Crippen molar-refractivity contribution in [1.82, 2.24) is 15.0 Å². The molecule has 0 fully saturated rings. The summed E-state index contributed by atoms with van der Waals surface area (Å²) in [6.45, 7) is 4.70. The van der Waals surface area contributed by atoms with E-state index in [0.29, 0.717) is 19.8 Å². The summed E-state index contributed by atoms with van der Waals surface area (Å²) in [5.74, 6) is 6.65. The van der Waals surface area contributed by atoms with Crippen LogP contribution in [0.5, 0.6) is 0 Å². The Bertz CT molecular complexity index is 556. The molecule has 0 amide bonds. The zero-order valence-corrected chi connectivity index (χ0v) is 12.7. The van der Waals surface area contributed by atoms with Crippen LogP contribution >= 0.6 is 0 Å². The van der Waals surface area contributed by atoms with Gasteiger partial charge in [-0.1, -0.05) is 12.1 Å². The number of hydrazine groups is 1. The summed E-state index contributed by atoms with van der Waals surface area (Å²) >= 11 is 0. The van der Waals surface area contributed by atoms with Crippen molar-refractivity contribution in [3.63, 3.8) is 0 Å². The molecule has 1 atom stereocenters. The summed E-state index contributed by atoms with van der Waals surface area (Å²) in [4.78, 5) is 4.70. The lowest BCUT2D eigenvalue weighted by Crippen LogP contribution is -2.41. The summed E-state index contributed by atoms with van der Waals surface area (Å²) in [6.07, 6.45) is 0.728. The Kier molecular flexibility index (Phi) is 6.13. The molecule has 116 valence electrons. The Morgan fingerprint density at radius 2 is 2.14 bits per heavy atom. The molecule has 0 saturated carbocycles. The van der Waals surface area contributed by atoms with E-state index in [2.05, 4.69) is 23.0 Å². The van der Waals surface area contributed by atoms with E-state index < -0.39 is 0 Å². The summed E-state index contributed by atoms with van der Waals surface area (Å²) in [5, 5.41) is 0. The van der Waals surface area contributed by atoms with Crippen LogP contribution in [0.25, 0.3) is 11.0 Å². The van der Waals surface area contributed by atoms with Crippen LogP contribution in [-0.2, 0) is 22.4 Å². The van der Waals surface area contributed by atoms with Crippen molar-refractivity contribution in [1.29, 1.82) is 0 Å². The van der Waals surface area contributed by atoms with Crippen molar-refractivity contribution in [2.24, 2.45) is 5.84 Å². The Balaban J connectivity index is 2.06. The maximum atomic E-state index is 5.62. The van der Waals surface area contributed by atoms with E-state index in [0.717, 1.165) is 29.8 Å². The Morgan fingerprint density at radius 1 is 1.33 bits per heavy atom. The highest BCUT2D eigenvalue weighted by atomic mass is 16.5. The van der Waals surface area contributed by atoms with Crippen molar-refractivity contribution in [2.75, 3.05) is 26.9 Å². The second-order valence-electron chi connectivity index (χ2n) is 4.90. The summed E-state index contributed by atoms with van der Waals surface area (Å²) in [5.41, 5.74) is 4.98. The number of aryl methyl sites for hydroxylation is 1. The SMILES string of the molecule is CCn1c(CC(COCCOC)NN)nc2ccccc21. The van der Waals surface area contributed by atoms with Gasteiger partial charge in [-0.15, -0.1) is 0 Å². The summed E-state index contributed by atoms with van der Waals surface area (Å²) < 4.78 is 12.7. The molecule has 0 aliphatic rings. The van der Waals surface area contributed by atoms with Gasteiger partial charge in [-0.25, -0.2) is 4.98 Å². The Hall–Kier alpha value is -1.47. The maximum absolute atomic E-state index is 5.62. The molecule has 1 unspecified atom stereocenters. The van der Waals surface area contributed by atoms with Gasteiger partial charge in [0.05, 0.1) is 36.9 Å². The Morgan fingerprint density at radius 3 is 2.86 bits per heavy atom. The predicted molar refractivity (Wildman–Crippen MR) is 82.9 cm³/mol. The lowest BCUT2D eigenvalue weighted by atomic mass is 10.2. The first-order valence-electron chi connectivity index (χ1n) is 7.27. The van der Waals surface area contributed by atoms with Crippen LogP contribution in [0.3, 0.4) is 0 Å². The molecule has 3 N–H and O–H groups in total. The first-order valence-corrected chi connectivity index (χ1v) is 7.27. The van der Waals surface area contributed by atoms with Gasteiger partial charge in [0, 0.05) is 20.1 Å². The minimum Gasteiger partial charge on any atom is -0.382 e. The number of nitrogens with two attached hydrogens (primary N) is 1. The predicted octanol–water partition coefficient (Wildman–Crippen LogP) is 1.09. The number of benzene rings is 1. The third kappa shape index (κ3) is 4.01. The van der Waals surface area contributed by atoms with E-state index in [1.807, 2.05) is 18.2 Å². The molecule has 6 nitrogen and oxygen atoms in total. The van der Waals surface area contributed by atoms with Crippen molar-refractivity contribution < 1.29 is 9.47 Å². The standard InChI is InChI=1S/C15H24N4O2/c1-3-19-14-7-5-4-6-13(14)17-15(19)10-12(18-16)11-21-9-8-20-2/h4-7,12,18H,3,8-11,16H2,1-2H3. The van der Waals surface area contributed by atoms with Gasteiger partial charge >= 0.3 is 0 Å². The topological polar surface area (TPSA) is 74.3 Å². The molecular formula is C15H24N4O2. The number of aromatic nitrogens is 2.